The fourth-order valence-corrected chi connectivity index (χ4v) is 6.18. The number of hydrogen-bond acceptors (Lipinski definition) is 13. The highest BCUT2D eigenvalue weighted by Gasteiger charge is 2.23. The van der Waals surface area contributed by atoms with Crippen LogP contribution in [0.1, 0.15) is 36.8 Å². The maximum absolute atomic E-state index is 14.0. The van der Waals surface area contributed by atoms with E-state index in [2.05, 4.69) is 20.4 Å². The Bertz CT molecular complexity index is 1860. The molecule has 4 aromatic rings. The number of nitrogens with one attached hydrogen (secondary N) is 1. The maximum Gasteiger partial charge on any atom is 0.290 e. The molecule has 3 heterocycles. The van der Waals surface area contributed by atoms with Gasteiger partial charge in [0, 0.05) is 54.8 Å². The quantitative estimate of drug-likeness (QED) is 0.0316. The van der Waals surface area contributed by atoms with Crippen LogP contribution < -0.4 is 21.5 Å². The third-order valence-corrected chi connectivity index (χ3v) is 9.30. The van der Waals surface area contributed by atoms with Crippen LogP contribution in [0.15, 0.2) is 53.9 Å². The molecule has 0 spiro atoms. The average Bonchev–Trinajstić information content (AvgIpc) is 3.65. The van der Waals surface area contributed by atoms with Crippen LogP contribution in [0.3, 0.4) is 0 Å². The largest absolute Gasteiger partial charge is 0.483 e. The van der Waals surface area contributed by atoms with Crippen molar-refractivity contribution >= 4 is 40.8 Å². The van der Waals surface area contributed by atoms with Gasteiger partial charge >= 0.3 is 0 Å². The summed E-state index contributed by atoms with van der Waals surface area (Å²) in [5.74, 6) is 0.208. The Morgan fingerprint density at radius 3 is 2.10 bits per heavy atom. The summed E-state index contributed by atoms with van der Waals surface area (Å²) >= 11 is 6.31. The van der Waals surface area contributed by atoms with Crippen molar-refractivity contribution in [3.8, 4) is 17.0 Å². The van der Waals surface area contributed by atoms with Crippen LogP contribution in [0, 0.1) is 12.7 Å². The monoisotopic (exact) mass is 831 g/mol. The third-order valence-electron chi connectivity index (χ3n) is 8.98. The van der Waals surface area contributed by atoms with E-state index in [1.54, 1.807) is 24.0 Å². The first-order valence-corrected chi connectivity index (χ1v) is 19.5. The van der Waals surface area contributed by atoms with Crippen molar-refractivity contribution < 1.29 is 47.4 Å². The lowest BCUT2D eigenvalue weighted by atomic mass is 9.91. The van der Waals surface area contributed by atoms with Crippen LogP contribution in [0.2, 0.25) is 5.02 Å². The first-order chi connectivity index (χ1) is 28.2. The normalized spacial score (nSPS) is 15.6. The van der Waals surface area contributed by atoms with Gasteiger partial charge in [-0.05, 0) is 56.4 Å². The number of nitrogens with zero attached hydrogens (tertiary/aromatic N) is 4. The number of methoxy groups -OCH3 is 1. The van der Waals surface area contributed by atoms with E-state index in [0.29, 0.717) is 95.7 Å². The lowest BCUT2D eigenvalue weighted by Crippen LogP contribution is -2.33. The van der Waals surface area contributed by atoms with E-state index in [4.69, 9.17) is 66.1 Å². The summed E-state index contributed by atoms with van der Waals surface area (Å²) in [4.78, 5) is 17.4. The zero-order valence-electron chi connectivity index (χ0n) is 33.1. The highest BCUT2D eigenvalue weighted by Crippen LogP contribution is 2.34. The minimum absolute atomic E-state index is 0.162. The third kappa shape index (κ3) is 15.4. The number of hydrogen-bond donors (Lipinski definition) is 4. The number of benzene rings is 1. The van der Waals surface area contributed by atoms with Crippen molar-refractivity contribution in [3.05, 3.63) is 70.9 Å². The van der Waals surface area contributed by atoms with Gasteiger partial charge in [-0.25, -0.2) is 18.9 Å². The average molecular weight is 832 g/mol. The minimum Gasteiger partial charge on any atom is -0.483 e. The molecule has 1 aromatic carbocycles. The van der Waals surface area contributed by atoms with E-state index in [1.807, 2.05) is 25.3 Å². The Morgan fingerprint density at radius 1 is 0.931 bits per heavy atom. The first kappa shape index (κ1) is 46.2. The molecule has 18 heteroatoms. The molecule has 3 aromatic heterocycles. The highest BCUT2D eigenvalue weighted by molar-refractivity contribution is 6.33. The van der Waals surface area contributed by atoms with E-state index in [0.717, 1.165) is 53.6 Å². The molecule has 0 radical (unpaired) electrons. The van der Waals surface area contributed by atoms with Crippen molar-refractivity contribution in [2.75, 3.05) is 91.7 Å². The van der Waals surface area contributed by atoms with Crippen LogP contribution in [0.25, 0.3) is 16.6 Å². The van der Waals surface area contributed by atoms with Crippen molar-refractivity contribution in [2.45, 2.75) is 44.7 Å². The van der Waals surface area contributed by atoms with Crippen LogP contribution in [-0.4, -0.2) is 130 Å². The molecule has 0 bridgehead atoms. The molecule has 1 aliphatic carbocycles. The summed E-state index contributed by atoms with van der Waals surface area (Å²) in [6.07, 6.45) is 9.07. The number of amidine groups is 1. The molecule has 0 unspecified atom stereocenters. The molecule has 16 nitrogen and oxygen atoms in total. The molecule has 318 valence electrons. The van der Waals surface area contributed by atoms with Gasteiger partial charge in [-0.1, -0.05) is 11.6 Å². The zero-order valence-corrected chi connectivity index (χ0v) is 33.8. The molecule has 6 N–H and O–H groups in total. The van der Waals surface area contributed by atoms with Crippen LogP contribution >= 0.6 is 11.6 Å². The van der Waals surface area contributed by atoms with Gasteiger partial charge in [0.25, 0.3) is 6.47 Å². The lowest BCUT2D eigenvalue weighted by molar-refractivity contribution is -0.122. The second-order valence-corrected chi connectivity index (χ2v) is 13.6. The van der Waals surface area contributed by atoms with E-state index >= 15 is 0 Å². The van der Waals surface area contributed by atoms with Gasteiger partial charge in [0.2, 0.25) is 5.88 Å². The predicted octanol–water partition coefficient (Wildman–Crippen LogP) is 5.03. The number of aliphatic imine (C=N–C) groups is 1. The minimum atomic E-state index is -0.458. The highest BCUT2D eigenvalue weighted by atomic mass is 35.5. The smallest absolute Gasteiger partial charge is 0.290 e. The van der Waals surface area contributed by atoms with Crippen molar-refractivity contribution in [2.24, 2.45) is 16.5 Å². The number of nitrogens with two attached hydrogens (primary N) is 2. The second-order valence-electron chi connectivity index (χ2n) is 13.2. The number of fused-ring (bicyclic) bond motifs is 1. The topological polar surface area (TPSA) is 209 Å². The van der Waals surface area contributed by atoms with Crippen molar-refractivity contribution in [1.29, 1.82) is 0 Å². The number of rotatable bonds is 24. The Labute approximate surface area is 342 Å². The van der Waals surface area contributed by atoms with E-state index in [-0.39, 0.29) is 30.1 Å². The van der Waals surface area contributed by atoms with E-state index in [1.165, 1.54) is 18.2 Å². The van der Waals surface area contributed by atoms with Gasteiger partial charge in [-0.2, -0.15) is 5.10 Å². The molecular weight excluding hydrogens is 777 g/mol. The van der Waals surface area contributed by atoms with Gasteiger partial charge in [0.1, 0.15) is 18.3 Å². The van der Waals surface area contributed by atoms with Gasteiger partial charge in [0.05, 0.1) is 106 Å². The number of pyridine rings is 1. The molecule has 1 aliphatic rings. The SMILES string of the molecule is COCCOCCOCCOCCOCCOCCOc1cc(C)c(-c2cc3c(N[C@H]4CC[C@H](N)CC4)c(C(N)=Nc4cc(F)ccc4Cl)cnn3c2)cn1.O=CO. The Morgan fingerprint density at radius 2 is 1.52 bits per heavy atom. The molecule has 0 saturated heterocycles. The molecule has 1 fully saturated rings. The zero-order chi connectivity index (χ0) is 41.5. The molecule has 1 saturated carbocycles. The molecule has 0 atom stereocenters. The van der Waals surface area contributed by atoms with Crippen molar-refractivity contribution in [3.63, 3.8) is 0 Å². The summed E-state index contributed by atoms with van der Waals surface area (Å²) < 4.78 is 54.1. The summed E-state index contributed by atoms with van der Waals surface area (Å²) in [6.45, 7) is 7.59. The number of halogens is 2. The van der Waals surface area contributed by atoms with Gasteiger partial charge in [-0.3, -0.25) is 4.79 Å². The standard InChI is InChI=1S/C39H53ClFN7O7.CH2O2/c1-27-21-37(55-20-19-54-18-17-53-16-15-52-14-13-51-12-11-50-10-9-49-2)44-24-32(27)28-22-36-38(46-31-6-4-30(42)5-7-31)33(25-45-48(36)26-28)39(43)47-35-23-29(41)3-8-34(35)40;2-1-3/h3,8,21-26,30-31,46H,4-7,9-20,42H2,1-2H3,(H2,43,47);1H,(H,2,3)/t30-,31-;. The van der Waals surface area contributed by atoms with Crippen LogP contribution in [0.4, 0.5) is 15.8 Å². The molecule has 0 aliphatic heterocycles. The fourth-order valence-electron chi connectivity index (χ4n) is 6.02. The number of carboxylic acid groups (broad SMARTS) is 1. The fraction of sp³-hybridized carbons (Fsp3) is 0.500. The molecule has 58 heavy (non-hydrogen) atoms. The van der Waals surface area contributed by atoms with Gasteiger partial charge in [-0.15, -0.1) is 0 Å². The number of aryl methyl sites for hydroxylation is 1. The first-order valence-electron chi connectivity index (χ1n) is 19.1. The Kier molecular flexibility index (Phi) is 20.6. The number of ether oxygens (including phenoxy) is 7. The van der Waals surface area contributed by atoms with Gasteiger partial charge < -0.3 is 55.0 Å². The maximum atomic E-state index is 14.0. The summed E-state index contributed by atoms with van der Waals surface area (Å²) in [5.41, 5.74) is 18.0. The summed E-state index contributed by atoms with van der Waals surface area (Å²) in [6, 6.07) is 8.31. The summed E-state index contributed by atoms with van der Waals surface area (Å²) in [7, 11) is 1.64. The summed E-state index contributed by atoms with van der Waals surface area (Å²) in [5, 5.41) is 15.5. The Balaban J connectivity index is 0.00000240. The van der Waals surface area contributed by atoms with Crippen LogP contribution in [-0.2, 0) is 33.2 Å². The molecule has 5 rings (SSSR count). The van der Waals surface area contributed by atoms with Gasteiger partial charge in [0.15, 0.2) is 0 Å². The number of aromatic nitrogens is 3. The number of carbonyl (C=O) groups is 1. The van der Waals surface area contributed by atoms with Crippen molar-refractivity contribution in [1.82, 2.24) is 14.6 Å². The Hall–Kier alpha value is -4.46. The number of anilines is 1. The molecule has 0 amide bonds. The molecular formula is C40H55ClFN7O9. The van der Waals surface area contributed by atoms with E-state index in [9.17, 15) is 4.39 Å². The van der Waals surface area contributed by atoms with E-state index < -0.39 is 5.82 Å². The second kappa shape index (κ2) is 25.8. The predicted molar refractivity (Wildman–Crippen MR) is 219 cm³/mol. The van der Waals surface area contributed by atoms with Crippen LogP contribution in [0.5, 0.6) is 5.88 Å². The lowest BCUT2D eigenvalue weighted by Gasteiger charge is -2.28.